The molecule has 0 aliphatic heterocycles. The van der Waals surface area contributed by atoms with Gasteiger partial charge in [0.25, 0.3) is 5.91 Å². The summed E-state index contributed by atoms with van der Waals surface area (Å²) >= 11 is 6.01. The molecule has 132 valence electrons. The molecule has 0 fully saturated rings. The van der Waals surface area contributed by atoms with Crippen LogP contribution in [0.5, 0.6) is 5.75 Å². The number of nitrogens with zero attached hydrogens (tertiary/aromatic N) is 1. The van der Waals surface area contributed by atoms with Gasteiger partial charge in [-0.15, -0.1) is 0 Å². The first-order valence-corrected chi connectivity index (χ1v) is 8.45. The highest BCUT2D eigenvalue weighted by Gasteiger charge is 2.15. The van der Waals surface area contributed by atoms with Crippen LogP contribution in [0.4, 0.5) is 0 Å². The van der Waals surface area contributed by atoms with E-state index in [-0.39, 0.29) is 17.9 Å². The van der Waals surface area contributed by atoms with Crippen LogP contribution >= 0.6 is 11.6 Å². The number of hydrogen-bond acceptors (Lipinski definition) is 3. The molecule has 0 bridgehead atoms. The topological polar surface area (TPSA) is 50.7 Å². The molecule has 2 rings (SSSR count). The van der Waals surface area contributed by atoms with Crippen molar-refractivity contribution in [3.05, 3.63) is 64.2 Å². The molecule has 0 saturated heterocycles. The predicted molar refractivity (Wildman–Crippen MR) is 103 cm³/mol. The Morgan fingerprint density at radius 1 is 1.24 bits per heavy atom. The number of ether oxygens (including phenoxy) is 1. The summed E-state index contributed by atoms with van der Waals surface area (Å²) in [4.78, 5) is 11.8. The third-order valence-electron chi connectivity index (χ3n) is 3.70. The summed E-state index contributed by atoms with van der Waals surface area (Å²) in [6.45, 7) is 8.35. The molecule has 0 heterocycles. The molecule has 4 nitrogen and oxygen atoms in total. The summed E-state index contributed by atoms with van der Waals surface area (Å²) in [5, 5.41) is 4.47. The van der Waals surface area contributed by atoms with Gasteiger partial charge in [0.2, 0.25) is 0 Å². The number of hydrazone groups is 1. The van der Waals surface area contributed by atoms with Gasteiger partial charge in [0.15, 0.2) is 6.61 Å². The van der Waals surface area contributed by atoms with Gasteiger partial charge in [-0.1, -0.05) is 62.7 Å². The van der Waals surface area contributed by atoms with Gasteiger partial charge in [-0.3, -0.25) is 4.79 Å². The third kappa shape index (κ3) is 5.61. The van der Waals surface area contributed by atoms with Crippen LogP contribution in [0.25, 0.3) is 0 Å². The van der Waals surface area contributed by atoms with Crippen LogP contribution < -0.4 is 10.2 Å². The summed E-state index contributed by atoms with van der Waals surface area (Å²) < 4.78 is 5.58. The minimum atomic E-state index is -0.331. The number of hydrogen-bond donors (Lipinski definition) is 1. The van der Waals surface area contributed by atoms with E-state index in [4.69, 9.17) is 16.3 Å². The first-order chi connectivity index (χ1) is 11.8. The second-order valence-electron chi connectivity index (χ2n) is 6.83. The molecule has 0 aliphatic carbocycles. The molecule has 0 atom stereocenters. The van der Waals surface area contributed by atoms with Gasteiger partial charge >= 0.3 is 0 Å². The van der Waals surface area contributed by atoms with Crippen LogP contribution in [-0.4, -0.2) is 18.7 Å². The van der Waals surface area contributed by atoms with Crippen molar-refractivity contribution in [2.45, 2.75) is 33.1 Å². The second-order valence-corrected chi connectivity index (χ2v) is 7.24. The van der Waals surface area contributed by atoms with Gasteiger partial charge in [-0.25, -0.2) is 5.43 Å². The molecule has 25 heavy (non-hydrogen) atoms. The molecule has 0 unspecified atom stereocenters. The zero-order valence-electron chi connectivity index (χ0n) is 15.0. The fourth-order valence-electron chi connectivity index (χ4n) is 2.21. The van der Waals surface area contributed by atoms with Crippen LogP contribution in [0, 0.1) is 6.92 Å². The smallest absolute Gasteiger partial charge is 0.277 e. The van der Waals surface area contributed by atoms with E-state index in [0.29, 0.717) is 10.8 Å². The molecule has 2 aromatic rings. The molecular formula is C20H23ClN2O2. The van der Waals surface area contributed by atoms with E-state index >= 15 is 0 Å². The SMILES string of the molecule is Cc1cc(C(C)(C)C)ccc1OCC(=O)NN=Cc1ccccc1Cl. The van der Waals surface area contributed by atoms with Crippen molar-refractivity contribution in [2.24, 2.45) is 5.10 Å². The molecule has 0 spiro atoms. The van der Waals surface area contributed by atoms with Crippen LogP contribution in [0.1, 0.15) is 37.5 Å². The van der Waals surface area contributed by atoms with Gasteiger partial charge < -0.3 is 4.74 Å². The Morgan fingerprint density at radius 3 is 2.60 bits per heavy atom. The van der Waals surface area contributed by atoms with Crippen molar-refractivity contribution in [1.29, 1.82) is 0 Å². The molecule has 1 N–H and O–H groups in total. The zero-order chi connectivity index (χ0) is 18.4. The van der Waals surface area contributed by atoms with Gasteiger partial charge in [-0.05, 0) is 35.6 Å². The van der Waals surface area contributed by atoms with E-state index < -0.39 is 0 Å². The Bertz CT molecular complexity index is 780. The molecule has 5 heteroatoms. The van der Waals surface area contributed by atoms with E-state index in [2.05, 4.69) is 37.4 Å². The number of rotatable bonds is 5. The van der Waals surface area contributed by atoms with Crippen molar-refractivity contribution in [2.75, 3.05) is 6.61 Å². The fourth-order valence-corrected chi connectivity index (χ4v) is 2.39. The fraction of sp³-hybridized carbons (Fsp3) is 0.300. The summed E-state index contributed by atoms with van der Waals surface area (Å²) in [7, 11) is 0. The van der Waals surface area contributed by atoms with E-state index in [0.717, 1.165) is 11.1 Å². The summed E-state index contributed by atoms with van der Waals surface area (Å²) in [6, 6.07) is 13.3. The van der Waals surface area contributed by atoms with Gasteiger partial charge in [-0.2, -0.15) is 5.10 Å². The highest BCUT2D eigenvalue weighted by Crippen LogP contribution is 2.27. The molecular weight excluding hydrogens is 336 g/mol. The highest BCUT2D eigenvalue weighted by atomic mass is 35.5. The number of amides is 1. The Balaban J connectivity index is 1.89. The van der Waals surface area contributed by atoms with Crippen LogP contribution in [0.15, 0.2) is 47.6 Å². The second kappa shape index (κ2) is 8.17. The van der Waals surface area contributed by atoms with E-state index in [1.165, 1.54) is 11.8 Å². The van der Waals surface area contributed by atoms with E-state index in [9.17, 15) is 4.79 Å². The third-order valence-corrected chi connectivity index (χ3v) is 4.04. The van der Waals surface area contributed by atoms with Gasteiger partial charge in [0, 0.05) is 10.6 Å². The normalized spacial score (nSPS) is 11.6. The van der Waals surface area contributed by atoms with Gasteiger partial charge in [0.05, 0.1) is 6.21 Å². The van der Waals surface area contributed by atoms with Gasteiger partial charge in [0.1, 0.15) is 5.75 Å². The maximum absolute atomic E-state index is 11.8. The first kappa shape index (κ1) is 19.0. The number of carbonyl (C=O) groups is 1. The number of aryl methyl sites for hydroxylation is 1. The minimum absolute atomic E-state index is 0.0775. The summed E-state index contributed by atoms with van der Waals surface area (Å²) in [6.07, 6.45) is 1.50. The number of halogens is 1. The maximum atomic E-state index is 11.8. The lowest BCUT2D eigenvalue weighted by Crippen LogP contribution is -2.24. The summed E-state index contributed by atoms with van der Waals surface area (Å²) in [5.41, 5.74) is 5.47. The molecule has 1 amide bonds. The quantitative estimate of drug-likeness (QED) is 0.633. The average Bonchev–Trinajstić information content (AvgIpc) is 2.54. The lowest BCUT2D eigenvalue weighted by Gasteiger charge is -2.20. The molecule has 0 aromatic heterocycles. The lowest BCUT2D eigenvalue weighted by atomic mass is 9.86. The standard InChI is InChI=1S/C20H23ClN2O2/c1-14-11-16(20(2,3)4)9-10-18(14)25-13-19(24)23-22-12-15-7-5-6-8-17(15)21/h5-12H,13H2,1-4H3,(H,23,24). The van der Waals surface area contributed by atoms with E-state index in [1.807, 2.05) is 37.3 Å². The Morgan fingerprint density at radius 2 is 1.96 bits per heavy atom. The molecule has 0 radical (unpaired) electrons. The van der Waals surface area contributed by atoms with Crippen LogP contribution in [0.2, 0.25) is 5.02 Å². The Labute approximate surface area is 153 Å². The van der Waals surface area contributed by atoms with Crippen LogP contribution in [0.3, 0.4) is 0 Å². The molecule has 0 saturated carbocycles. The predicted octanol–water partition coefficient (Wildman–Crippen LogP) is 4.48. The zero-order valence-corrected chi connectivity index (χ0v) is 15.7. The van der Waals surface area contributed by atoms with E-state index in [1.54, 1.807) is 6.07 Å². The van der Waals surface area contributed by atoms with Crippen LogP contribution in [-0.2, 0) is 10.2 Å². The number of carbonyl (C=O) groups excluding carboxylic acids is 1. The van der Waals surface area contributed by atoms with Crippen molar-refractivity contribution >= 4 is 23.7 Å². The summed E-state index contributed by atoms with van der Waals surface area (Å²) in [5.74, 6) is 0.362. The molecule has 0 aliphatic rings. The van der Waals surface area contributed by atoms with Crippen molar-refractivity contribution < 1.29 is 9.53 Å². The number of nitrogens with one attached hydrogen (secondary N) is 1. The first-order valence-electron chi connectivity index (χ1n) is 8.08. The largest absolute Gasteiger partial charge is 0.483 e. The van der Waals surface area contributed by atoms with Crippen molar-refractivity contribution in [3.8, 4) is 5.75 Å². The number of benzene rings is 2. The maximum Gasteiger partial charge on any atom is 0.277 e. The highest BCUT2D eigenvalue weighted by molar-refractivity contribution is 6.33. The monoisotopic (exact) mass is 358 g/mol. The Kier molecular flexibility index (Phi) is 6.21. The Hall–Kier alpha value is -2.33. The lowest BCUT2D eigenvalue weighted by molar-refractivity contribution is -0.123. The minimum Gasteiger partial charge on any atom is -0.483 e. The average molecular weight is 359 g/mol. The van der Waals surface area contributed by atoms with Crippen molar-refractivity contribution in [1.82, 2.24) is 5.43 Å². The van der Waals surface area contributed by atoms with Crippen molar-refractivity contribution in [3.63, 3.8) is 0 Å². The molecule has 2 aromatic carbocycles.